The summed E-state index contributed by atoms with van der Waals surface area (Å²) in [4.78, 5) is 15.9. The Labute approximate surface area is 152 Å². The summed E-state index contributed by atoms with van der Waals surface area (Å²) < 4.78 is 42.8. The van der Waals surface area contributed by atoms with Crippen LogP contribution in [0.2, 0.25) is 0 Å². The Hall–Kier alpha value is -1.60. The van der Waals surface area contributed by atoms with E-state index in [0.717, 1.165) is 43.6 Å². The molecule has 2 atom stereocenters. The van der Waals surface area contributed by atoms with Crippen LogP contribution in [0.3, 0.4) is 0 Å². The highest BCUT2D eigenvalue weighted by Gasteiger charge is 2.32. The van der Waals surface area contributed by atoms with Gasteiger partial charge in [-0.3, -0.25) is 9.69 Å². The highest BCUT2D eigenvalue weighted by molar-refractivity contribution is 5.69. The minimum Gasteiger partial charge on any atom is -0.469 e. The molecule has 0 N–H and O–H groups in total. The largest absolute Gasteiger partial charge is 0.469 e. The minimum atomic E-state index is -4.30. The van der Waals surface area contributed by atoms with Crippen molar-refractivity contribution in [3.8, 4) is 0 Å². The van der Waals surface area contributed by atoms with E-state index in [1.54, 1.807) is 12.1 Å². The van der Waals surface area contributed by atoms with Gasteiger partial charge < -0.3 is 9.64 Å². The molecule has 0 saturated carbocycles. The summed E-state index contributed by atoms with van der Waals surface area (Å²) in [5, 5.41) is 0. The number of rotatable bonds is 6. The van der Waals surface area contributed by atoms with E-state index in [9.17, 15) is 18.0 Å². The molecule has 0 aliphatic carbocycles. The zero-order valence-electron chi connectivity index (χ0n) is 15.6. The summed E-state index contributed by atoms with van der Waals surface area (Å²) in [7, 11) is 5.48. The molecular formula is C19H27F3N2O2. The van der Waals surface area contributed by atoms with E-state index < -0.39 is 11.7 Å². The number of ether oxygens (including phenoxy) is 1. The highest BCUT2D eigenvalue weighted by Crippen LogP contribution is 2.30. The van der Waals surface area contributed by atoms with Crippen molar-refractivity contribution in [1.82, 2.24) is 9.80 Å². The third-order valence-corrected chi connectivity index (χ3v) is 5.08. The maximum atomic E-state index is 12.7. The number of piperidine rings is 1. The lowest BCUT2D eigenvalue weighted by Crippen LogP contribution is -2.48. The van der Waals surface area contributed by atoms with Crippen LogP contribution in [0, 0.1) is 5.92 Å². The average molecular weight is 372 g/mol. The number of alkyl halides is 3. The third kappa shape index (κ3) is 5.71. The van der Waals surface area contributed by atoms with Gasteiger partial charge >= 0.3 is 12.1 Å². The van der Waals surface area contributed by atoms with Gasteiger partial charge in [0.25, 0.3) is 0 Å². The van der Waals surface area contributed by atoms with Gasteiger partial charge in [0.15, 0.2) is 0 Å². The highest BCUT2D eigenvalue weighted by atomic mass is 19.4. The van der Waals surface area contributed by atoms with Crippen molar-refractivity contribution in [3.05, 3.63) is 35.4 Å². The van der Waals surface area contributed by atoms with Crippen LogP contribution in [0.5, 0.6) is 0 Å². The summed E-state index contributed by atoms with van der Waals surface area (Å²) in [5.41, 5.74) is 0.247. The van der Waals surface area contributed by atoms with E-state index in [0.29, 0.717) is 24.9 Å². The van der Waals surface area contributed by atoms with Crippen LogP contribution in [0.25, 0.3) is 0 Å². The summed E-state index contributed by atoms with van der Waals surface area (Å²) in [6.07, 6.45) is -2.19. The molecule has 4 nitrogen and oxygen atoms in total. The molecule has 0 spiro atoms. The van der Waals surface area contributed by atoms with Gasteiger partial charge in [-0.15, -0.1) is 0 Å². The predicted molar refractivity (Wildman–Crippen MR) is 93.6 cm³/mol. The monoisotopic (exact) mass is 372 g/mol. The lowest BCUT2D eigenvalue weighted by Gasteiger charge is -2.41. The Bertz CT molecular complexity index is 587. The van der Waals surface area contributed by atoms with E-state index in [1.807, 2.05) is 14.1 Å². The number of benzene rings is 1. The molecule has 0 bridgehead atoms. The number of halogens is 3. The normalized spacial score (nSPS) is 21.8. The molecule has 1 aliphatic heterocycles. The number of hydrogen-bond acceptors (Lipinski definition) is 4. The first-order valence-electron chi connectivity index (χ1n) is 8.82. The molecule has 0 amide bonds. The number of methoxy groups -OCH3 is 1. The SMILES string of the molecule is COC(=O)CC[C@H]1CN(Cc2ccc(C(F)(F)F)cc2)CC[C@H]1N(C)C. The molecule has 1 fully saturated rings. The first kappa shape index (κ1) is 20.7. The van der Waals surface area contributed by atoms with Crippen molar-refractivity contribution in [2.24, 2.45) is 5.92 Å². The summed E-state index contributed by atoms with van der Waals surface area (Å²) in [6.45, 7) is 2.33. The molecule has 0 aromatic heterocycles. The van der Waals surface area contributed by atoms with Crippen molar-refractivity contribution in [2.45, 2.75) is 38.0 Å². The van der Waals surface area contributed by atoms with Gasteiger partial charge in [-0.1, -0.05) is 12.1 Å². The topological polar surface area (TPSA) is 32.8 Å². The van der Waals surface area contributed by atoms with Gasteiger partial charge in [0, 0.05) is 25.6 Å². The standard InChI is InChI=1S/C19H27F3N2O2/c1-23(2)17-10-11-24(13-15(17)6-9-18(25)26-3)12-14-4-7-16(8-5-14)19(20,21)22/h4-5,7-8,15,17H,6,9-13H2,1-3H3/t15-,17+/m0/s1. The molecule has 146 valence electrons. The molecule has 1 aliphatic rings. The van der Waals surface area contributed by atoms with E-state index >= 15 is 0 Å². The summed E-state index contributed by atoms with van der Waals surface area (Å²) >= 11 is 0. The second kappa shape index (κ2) is 8.86. The Kier molecular flexibility index (Phi) is 7.06. The Balaban J connectivity index is 1.98. The Morgan fingerprint density at radius 2 is 1.92 bits per heavy atom. The first-order valence-corrected chi connectivity index (χ1v) is 8.82. The number of likely N-dealkylation sites (tertiary alicyclic amines) is 1. The fraction of sp³-hybridized carbons (Fsp3) is 0.632. The van der Waals surface area contributed by atoms with Crippen molar-refractivity contribution >= 4 is 5.97 Å². The van der Waals surface area contributed by atoms with E-state index in [2.05, 4.69) is 9.80 Å². The van der Waals surface area contributed by atoms with Gasteiger partial charge in [-0.2, -0.15) is 13.2 Å². The van der Waals surface area contributed by atoms with Crippen LogP contribution in [0.4, 0.5) is 13.2 Å². The van der Waals surface area contributed by atoms with Crippen LogP contribution < -0.4 is 0 Å². The lowest BCUT2D eigenvalue weighted by molar-refractivity contribution is -0.141. The minimum absolute atomic E-state index is 0.206. The summed E-state index contributed by atoms with van der Waals surface area (Å²) in [5.74, 6) is 0.120. The fourth-order valence-corrected chi connectivity index (χ4v) is 3.66. The van der Waals surface area contributed by atoms with Gasteiger partial charge in [0.2, 0.25) is 0 Å². The smallest absolute Gasteiger partial charge is 0.416 e. The quantitative estimate of drug-likeness (QED) is 0.717. The average Bonchev–Trinajstić information content (AvgIpc) is 2.59. The van der Waals surface area contributed by atoms with E-state index in [4.69, 9.17) is 4.74 Å². The van der Waals surface area contributed by atoms with Crippen molar-refractivity contribution < 1.29 is 22.7 Å². The number of carbonyl (C=O) groups excluding carboxylic acids is 1. The van der Waals surface area contributed by atoms with E-state index in [1.165, 1.54) is 7.11 Å². The van der Waals surface area contributed by atoms with Crippen LogP contribution in [-0.4, -0.2) is 56.1 Å². The third-order valence-electron chi connectivity index (χ3n) is 5.08. The fourth-order valence-electron chi connectivity index (χ4n) is 3.66. The number of nitrogens with zero attached hydrogens (tertiary/aromatic N) is 2. The molecule has 1 aromatic carbocycles. The predicted octanol–water partition coefficient (Wildman–Crippen LogP) is 3.41. The maximum absolute atomic E-state index is 12.7. The van der Waals surface area contributed by atoms with E-state index in [-0.39, 0.29) is 5.97 Å². The van der Waals surface area contributed by atoms with Gasteiger partial charge in [0.1, 0.15) is 0 Å². The zero-order valence-corrected chi connectivity index (χ0v) is 15.6. The van der Waals surface area contributed by atoms with Gasteiger partial charge in [0.05, 0.1) is 12.7 Å². The maximum Gasteiger partial charge on any atom is 0.416 e. The molecule has 2 rings (SSSR count). The van der Waals surface area contributed by atoms with Crippen LogP contribution in [0.1, 0.15) is 30.4 Å². The molecule has 7 heteroatoms. The summed E-state index contributed by atoms with van der Waals surface area (Å²) in [6, 6.07) is 5.76. The molecule has 1 heterocycles. The second-order valence-corrected chi connectivity index (χ2v) is 7.12. The van der Waals surface area contributed by atoms with Crippen molar-refractivity contribution in [3.63, 3.8) is 0 Å². The number of esters is 1. The Morgan fingerprint density at radius 3 is 2.46 bits per heavy atom. The molecule has 0 radical (unpaired) electrons. The molecular weight excluding hydrogens is 345 g/mol. The Morgan fingerprint density at radius 1 is 1.27 bits per heavy atom. The van der Waals surface area contributed by atoms with Crippen LogP contribution >= 0.6 is 0 Å². The number of carbonyl (C=O) groups is 1. The molecule has 26 heavy (non-hydrogen) atoms. The van der Waals surface area contributed by atoms with Crippen molar-refractivity contribution in [1.29, 1.82) is 0 Å². The number of hydrogen-bond donors (Lipinski definition) is 0. The molecule has 0 unspecified atom stereocenters. The van der Waals surface area contributed by atoms with Crippen molar-refractivity contribution in [2.75, 3.05) is 34.3 Å². The van der Waals surface area contributed by atoms with Crippen LogP contribution in [0.15, 0.2) is 24.3 Å². The lowest BCUT2D eigenvalue weighted by atomic mass is 9.87. The van der Waals surface area contributed by atoms with Gasteiger partial charge in [-0.25, -0.2) is 0 Å². The van der Waals surface area contributed by atoms with Gasteiger partial charge in [-0.05, 0) is 57.1 Å². The molecule has 1 aromatic rings. The first-order chi connectivity index (χ1) is 12.2. The van der Waals surface area contributed by atoms with Crippen LogP contribution in [-0.2, 0) is 22.3 Å². The zero-order chi connectivity index (χ0) is 19.3. The molecule has 1 saturated heterocycles. The second-order valence-electron chi connectivity index (χ2n) is 7.12.